The van der Waals surface area contributed by atoms with Gasteiger partial charge in [-0.2, -0.15) is 0 Å². The van der Waals surface area contributed by atoms with Gasteiger partial charge in [0.25, 0.3) is 0 Å². The Hall–Kier alpha value is -3.14. The Morgan fingerprint density at radius 1 is 1.20 bits per heavy atom. The van der Waals surface area contributed by atoms with Crippen LogP contribution in [0.15, 0.2) is 60.1 Å². The summed E-state index contributed by atoms with van der Waals surface area (Å²) in [5.74, 6) is 0.459. The maximum absolute atomic E-state index is 11.0. The highest BCUT2D eigenvalue weighted by Crippen LogP contribution is 2.31. The van der Waals surface area contributed by atoms with Crippen LogP contribution < -0.4 is 5.73 Å². The summed E-state index contributed by atoms with van der Waals surface area (Å²) in [5.41, 5.74) is 7.15. The first-order valence-corrected chi connectivity index (χ1v) is 7.44. The van der Waals surface area contributed by atoms with Crippen LogP contribution in [0.4, 0.5) is 0 Å². The largest absolute Gasteiger partial charge is 0.455 e. The zero-order valence-electron chi connectivity index (χ0n) is 14.0. The monoisotopic (exact) mass is 338 g/mol. The number of amides is 1. The lowest BCUT2D eigenvalue weighted by Crippen LogP contribution is -2.07. The molecule has 0 fully saturated rings. The molecule has 0 saturated carbocycles. The van der Waals surface area contributed by atoms with Gasteiger partial charge in [0.2, 0.25) is 5.91 Å². The van der Waals surface area contributed by atoms with Crippen molar-refractivity contribution in [2.24, 2.45) is 5.73 Å². The summed E-state index contributed by atoms with van der Waals surface area (Å²) in [6.45, 7) is 11.4. The lowest BCUT2D eigenvalue weighted by atomic mass is 9.98. The van der Waals surface area contributed by atoms with Crippen molar-refractivity contribution in [1.82, 2.24) is 0 Å². The lowest BCUT2D eigenvalue weighted by molar-refractivity contribution is -0.113. The highest BCUT2D eigenvalue weighted by atomic mass is 16.3. The molecule has 1 heterocycles. The van der Waals surface area contributed by atoms with E-state index < -0.39 is 5.91 Å². The maximum atomic E-state index is 11.0. The Labute approximate surface area is 149 Å². The summed E-state index contributed by atoms with van der Waals surface area (Å²) in [5, 5.41) is 8.29. The fraction of sp³-hybridized carbons (Fsp3) is 0.143. The third kappa shape index (κ3) is 5.46. The van der Waals surface area contributed by atoms with Gasteiger partial charge >= 0.3 is 0 Å². The molecule has 1 aromatic rings. The summed E-state index contributed by atoms with van der Waals surface area (Å²) in [7, 11) is 0. The molecule has 4 nitrogen and oxygen atoms in total. The van der Waals surface area contributed by atoms with E-state index in [4.69, 9.17) is 15.6 Å². The first-order valence-electron chi connectivity index (χ1n) is 7.44. The number of carbonyl (C=O) groups is 1. The summed E-state index contributed by atoms with van der Waals surface area (Å²) in [6.07, 6.45) is 15.0. The van der Waals surface area contributed by atoms with E-state index in [-0.39, 0.29) is 13.1 Å². The average Bonchev–Trinajstić information content (AvgIpc) is 2.92. The molecule has 1 rings (SSSR count). The van der Waals surface area contributed by atoms with Crippen molar-refractivity contribution in [3.05, 3.63) is 78.3 Å². The van der Waals surface area contributed by atoms with Crippen molar-refractivity contribution >= 4 is 29.3 Å². The van der Waals surface area contributed by atoms with E-state index in [0.717, 1.165) is 11.6 Å². The van der Waals surface area contributed by atoms with Gasteiger partial charge in [-0.15, -0.1) is 0 Å². The van der Waals surface area contributed by atoms with Crippen LogP contribution >= 0.6 is 0 Å². The molecule has 0 saturated heterocycles. The second-order valence-corrected chi connectivity index (χ2v) is 4.79. The first-order chi connectivity index (χ1) is 11.5. The van der Waals surface area contributed by atoms with Gasteiger partial charge in [-0.1, -0.05) is 57.0 Å². The highest BCUT2D eigenvalue weighted by Gasteiger charge is 2.21. The third-order valence-electron chi connectivity index (χ3n) is 3.13. The number of primary amides is 1. The smallest absolute Gasteiger partial charge is 0.241 e. The Balaban J connectivity index is 0.00000576. The van der Waals surface area contributed by atoms with E-state index in [1.54, 1.807) is 18.2 Å². The number of furan rings is 1. The minimum atomic E-state index is -0.618. The van der Waals surface area contributed by atoms with Crippen LogP contribution in [0.25, 0.3) is 17.7 Å². The van der Waals surface area contributed by atoms with E-state index >= 15 is 0 Å². The maximum Gasteiger partial charge on any atom is 0.241 e. The third-order valence-corrected chi connectivity index (χ3v) is 3.13. The van der Waals surface area contributed by atoms with Crippen molar-refractivity contribution < 1.29 is 9.21 Å². The predicted octanol–water partition coefficient (Wildman–Crippen LogP) is 5.15. The van der Waals surface area contributed by atoms with Crippen molar-refractivity contribution in [3.63, 3.8) is 0 Å². The Morgan fingerprint density at radius 3 is 2.36 bits per heavy atom. The van der Waals surface area contributed by atoms with Crippen molar-refractivity contribution in [2.45, 2.75) is 21.3 Å². The molecule has 0 atom stereocenters. The fourth-order valence-corrected chi connectivity index (χ4v) is 2.10. The molecule has 4 heteroatoms. The van der Waals surface area contributed by atoms with Crippen molar-refractivity contribution in [3.8, 4) is 0 Å². The van der Waals surface area contributed by atoms with Crippen LogP contribution in [0.3, 0.4) is 0 Å². The minimum absolute atomic E-state index is 0. The average molecular weight is 338 g/mol. The molecule has 0 bridgehead atoms. The molecular formula is C21H26N2O2. The van der Waals surface area contributed by atoms with Crippen LogP contribution in [0.1, 0.15) is 43.9 Å². The van der Waals surface area contributed by atoms with Gasteiger partial charge in [-0.25, -0.2) is 0 Å². The molecule has 132 valence electrons. The van der Waals surface area contributed by atoms with E-state index in [1.165, 1.54) is 6.08 Å². The number of rotatable bonds is 8. The molecule has 0 radical (unpaired) electrons. The lowest BCUT2D eigenvalue weighted by Gasteiger charge is -2.03. The van der Waals surface area contributed by atoms with Crippen LogP contribution in [0.5, 0.6) is 0 Å². The molecular weight excluding hydrogens is 312 g/mol. The fourth-order valence-electron chi connectivity index (χ4n) is 2.10. The van der Waals surface area contributed by atoms with Gasteiger partial charge in [0.05, 0.1) is 11.3 Å². The number of carbonyl (C=O) groups excluding carboxylic acids is 1. The molecule has 0 aromatic carbocycles. The quantitative estimate of drug-likeness (QED) is 0.390. The molecule has 0 aliphatic rings. The Bertz CT molecular complexity index is 772. The molecule has 1 amide bonds. The number of nitrogens with one attached hydrogen (secondary N) is 1. The summed E-state index contributed by atoms with van der Waals surface area (Å²) in [4.78, 5) is 11.0. The number of hydrogen-bond donors (Lipinski definition) is 2. The van der Waals surface area contributed by atoms with E-state index in [9.17, 15) is 4.79 Å². The van der Waals surface area contributed by atoms with Gasteiger partial charge in [0.1, 0.15) is 11.5 Å². The molecule has 0 aliphatic heterocycles. The minimum Gasteiger partial charge on any atom is -0.455 e. The first kappa shape index (κ1) is 21.9. The van der Waals surface area contributed by atoms with E-state index in [0.29, 0.717) is 22.6 Å². The van der Waals surface area contributed by atoms with Crippen LogP contribution in [0, 0.1) is 5.41 Å². The summed E-state index contributed by atoms with van der Waals surface area (Å²) in [6, 6.07) is 0. The van der Waals surface area contributed by atoms with Gasteiger partial charge in [-0.3, -0.25) is 4.79 Å². The van der Waals surface area contributed by atoms with Crippen LogP contribution in [0.2, 0.25) is 0 Å². The molecule has 0 spiro atoms. The standard InChI is InChI=1S/C20H22N2O2.CH4/c1-5-9-11-14(7-3)20-19(16(21)12-13-18(22)23)15(8-4)17(24-20)10-6-2;/h5-13,21H,3-4H2,1-2H3,(H2,22,23);1H4/b9-5-,10-6-,13-12-,14-11+,21-16?;. The van der Waals surface area contributed by atoms with Crippen LogP contribution in [-0.4, -0.2) is 11.6 Å². The van der Waals surface area contributed by atoms with Gasteiger partial charge in [0, 0.05) is 17.2 Å². The normalized spacial score (nSPS) is 11.8. The SMILES string of the molecule is C.C=C/C(=C\C=C/C)c1oc(/C=C\C)c(C=C)c1C(=N)/C=C\C(N)=O. The second kappa shape index (κ2) is 10.6. The molecule has 0 aliphatic carbocycles. The molecule has 0 unspecified atom stereocenters. The van der Waals surface area contributed by atoms with E-state index in [1.807, 2.05) is 38.2 Å². The number of nitrogens with two attached hydrogens (primary N) is 1. The van der Waals surface area contributed by atoms with Gasteiger partial charge in [0.15, 0.2) is 0 Å². The highest BCUT2D eigenvalue weighted by molar-refractivity contribution is 6.14. The zero-order valence-corrected chi connectivity index (χ0v) is 14.0. The number of hydrogen-bond acceptors (Lipinski definition) is 3. The molecule has 3 N–H and O–H groups in total. The van der Waals surface area contributed by atoms with Gasteiger partial charge in [-0.05, 0) is 26.0 Å². The summed E-state index contributed by atoms with van der Waals surface area (Å²) < 4.78 is 5.93. The summed E-state index contributed by atoms with van der Waals surface area (Å²) >= 11 is 0. The van der Waals surface area contributed by atoms with Crippen LogP contribution in [-0.2, 0) is 4.79 Å². The Morgan fingerprint density at radius 2 is 1.88 bits per heavy atom. The van der Waals surface area contributed by atoms with Crippen molar-refractivity contribution in [1.29, 1.82) is 5.41 Å². The zero-order chi connectivity index (χ0) is 18.1. The van der Waals surface area contributed by atoms with Gasteiger partial charge < -0.3 is 15.6 Å². The van der Waals surface area contributed by atoms with Crippen molar-refractivity contribution in [2.75, 3.05) is 0 Å². The second-order valence-electron chi connectivity index (χ2n) is 4.79. The molecule has 1 aromatic heterocycles. The topological polar surface area (TPSA) is 80.1 Å². The number of allylic oxidation sites excluding steroid dienone is 7. The van der Waals surface area contributed by atoms with E-state index in [2.05, 4.69) is 13.2 Å². The predicted molar refractivity (Wildman–Crippen MR) is 108 cm³/mol. The molecule has 25 heavy (non-hydrogen) atoms. The Kier molecular flexibility index (Phi) is 9.27.